The van der Waals surface area contributed by atoms with Crippen LogP contribution in [0.2, 0.25) is 5.02 Å². The predicted molar refractivity (Wildman–Crippen MR) is 117 cm³/mol. The van der Waals surface area contributed by atoms with Crippen molar-refractivity contribution in [2.24, 2.45) is 0 Å². The van der Waals surface area contributed by atoms with E-state index in [4.69, 9.17) is 21.1 Å². The predicted octanol–water partition coefficient (Wildman–Crippen LogP) is 3.19. The summed E-state index contributed by atoms with van der Waals surface area (Å²) in [6, 6.07) is 9.08. The molecule has 1 aliphatic rings. The first kappa shape index (κ1) is 23.6. The van der Waals surface area contributed by atoms with Crippen molar-refractivity contribution < 1.29 is 28.6 Å². The fourth-order valence-electron chi connectivity index (χ4n) is 3.18. The highest BCUT2D eigenvalue weighted by Gasteiger charge is 2.31. The minimum absolute atomic E-state index is 0.108. The van der Waals surface area contributed by atoms with E-state index in [1.54, 1.807) is 25.1 Å². The average molecular weight is 463 g/mol. The Morgan fingerprint density at radius 3 is 2.84 bits per heavy atom. The quantitative estimate of drug-likeness (QED) is 0.560. The second-order valence-corrected chi connectivity index (χ2v) is 7.87. The van der Waals surface area contributed by atoms with Crippen molar-refractivity contribution in [2.45, 2.75) is 32.0 Å². The fourth-order valence-corrected chi connectivity index (χ4v) is 3.36. The van der Waals surface area contributed by atoms with Gasteiger partial charge in [0.15, 0.2) is 12.7 Å². The van der Waals surface area contributed by atoms with E-state index in [1.165, 1.54) is 18.2 Å². The first-order chi connectivity index (χ1) is 15.2. The van der Waals surface area contributed by atoms with Gasteiger partial charge in [0.2, 0.25) is 0 Å². The van der Waals surface area contributed by atoms with Crippen LogP contribution in [0.5, 0.6) is 11.5 Å². The molecule has 1 heterocycles. The third-order valence-corrected chi connectivity index (χ3v) is 5.11. The van der Waals surface area contributed by atoms with Gasteiger partial charge >= 0.3 is 0 Å². The minimum atomic E-state index is -0.854. The Labute approximate surface area is 190 Å². The highest BCUT2D eigenvalue weighted by atomic mass is 35.5. The highest BCUT2D eigenvalue weighted by molar-refractivity contribution is 6.30. The largest absolute Gasteiger partial charge is 0.484 e. The second-order valence-electron chi connectivity index (χ2n) is 7.43. The minimum Gasteiger partial charge on any atom is -0.484 e. The Balaban J connectivity index is 1.38. The first-order valence-corrected chi connectivity index (χ1v) is 10.4. The summed E-state index contributed by atoms with van der Waals surface area (Å²) in [6.07, 6.45) is -1.28. The third kappa shape index (κ3) is 6.21. The second kappa shape index (κ2) is 10.5. The fraction of sp³-hybridized carbons (Fsp3) is 0.304. The zero-order chi connectivity index (χ0) is 23.3. The van der Waals surface area contributed by atoms with Gasteiger partial charge in [0, 0.05) is 35.7 Å². The summed E-state index contributed by atoms with van der Waals surface area (Å²) in [4.78, 5) is 24.4. The molecule has 3 rings (SSSR count). The third-order valence-electron chi connectivity index (χ3n) is 4.87. The molecule has 0 unspecified atom stereocenters. The Bertz CT molecular complexity index is 1030. The number of aliphatic hydroxyl groups is 1. The standard InChI is InChI=1S/C23H24ClFN2O5/c1-13-9-16(4-5-18(13)25)31-12-22(29)27-14(2)7-8-26-23(30)21-11-19(28)17-10-15(24)3-6-20(17)32-21/h3-6,9-10,19,21,28H,2,7-8,11-12H2,1H3,(H,26,30)(H,27,29)/t19-,21-/m0/s1. The number of nitrogens with one attached hydrogen (secondary N) is 2. The Kier molecular flexibility index (Phi) is 7.71. The summed E-state index contributed by atoms with van der Waals surface area (Å²) in [5.74, 6) is -0.341. The number of aliphatic hydroxyl groups excluding tert-OH is 1. The van der Waals surface area contributed by atoms with Crippen LogP contribution in [-0.4, -0.2) is 36.2 Å². The zero-order valence-electron chi connectivity index (χ0n) is 17.5. The van der Waals surface area contributed by atoms with Crippen molar-refractivity contribution >= 4 is 23.4 Å². The maximum absolute atomic E-state index is 13.3. The van der Waals surface area contributed by atoms with Crippen LogP contribution in [0, 0.1) is 12.7 Å². The summed E-state index contributed by atoms with van der Waals surface area (Å²) in [5, 5.41) is 16.0. The van der Waals surface area contributed by atoms with Crippen molar-refractivity contribution in [3.63, 3.8) is 0 Å². The van der Waals surface area contributed by atoms with Gasteiger partial charge < -0.3 is 25.2 Å². The number of hydrogen-bond donors (Lipinski definition) is 3. The number of amides is 2. The van der Waals surface area contributed by atoms with E-state index in [9.17, 15) is 19.1 Å². The molecular formula is C23H24ClFN2O5. The lowest BCUT2D eigenvalue weighted by Gasteiger charge is -2.29. The molecular weight excluding hydrogens is 439 g/mol. The first-order valence-electron chi connectivity index (χ1n) is 10.0. The van der Waals surface area contributed by atoms with Gasteiger partial charge in [0.05, 0.1) is 6.10 Å². The van der Waals surface area contributed by atoms with Gasteiger partial charge in [-0.3, -0.25) is 9.59 Å². The van der Waals surface area contributed by atoms with E-state index in [2.05, 4.69) is 17.2 Å². The zero-order valence-corrected chi connectivity index (χ0v) is 18.2. The van der Waals surface area contributed by atoms with E-state index in [1.807, 2.05) is 0 Å². The molecule has 2 aromatic carbocycles. The maximum atomic E-state index is 13.3. The summed E-state index contributed by atoms with van der Waals surface area (Å²) in [7, 11) is 0. The van der Waals surface area contributed by atoms with Gasteiger partial charge in [0.1, 0.15) is 17.3 Å². The maximum Gasteiger partial charge on any atom is 0.262 e. The summed E-state index contributed by atoms with van der Waals surface area (Å²) in [6.45, 7) is 5.33. The molecule has 9 heteroatoms. The monoisotopic (exact) mass is 462 g/mol. The molecule has 0 aliphatic carbocycles. The molecule has 7 nitrogen and oxygen atoms in total. The average Bonchev–Trinajstić information content (AvgIpc) is 2.74. The molecule has 0 aromatic heterocycles. The molecule has 0 saturated heterocycles. The van der Waals surface area contributed by atoms with Gasteiger partial charge in [-0.1, -0.05) is 18.2 Å². The van der Waals surface area contributed by atoms with E-state index in [0.717, 1.165) is 0 Å². The highest BCUT2D eigenvalue weighted by Crippen LogP contribution is 2.36. The van der Waals surface area contributed by atoms with Crippen LogP contribution in [0.1, 0.15) is 30.1 Å². The normalized spacial score (nSPS) is 17.0. The van der Waals surface area contributed by atoms with E-state index < -0.39 is 18.1 Å². The van der Waals surface area contributed by atoms with Gasteiger partial charge in [-0.25, -0.2) is 4.39 Å². The van der Waals surface area contributed by atoms with Crippen LogP contribution in [0.15, 0.2) is 48.7 Å². The van der Waals surface area contributed by atoms with Crippen LogP contribution >= 0.6 is 11.6 Å². The Morgan fingerprint density at radius 2 is 2.09 bits per heavy atom. The molecule has 1 aliphatic heterocycles. The van der Waals surface area contributed by atoms with E-state index >= 15 is 0 Å². The number of fused-ring (bicyclic) bond motifs is 1. The van der Waals surface area contributed by atoms with Crippen LogP contribution in [0.25, 0.3) is 0 Å². The number of carbonyl (C=O) groups is 2. The summed E-state index contributed by atoms with van der Waals surface area (Å²) < 4.78 is 24.3. The number of hydrogen-bond acceptors (Lipinski definition) is 5. The molecule has 0 spiro atoms. The van der Waals surface area contributed by atoms with Gasteiger partial charge in [-0.15, -0.1) is 0 Å². The van der Waals surface area contributed by atoms with E-state index in [-0.39, 0.29) is 31.3 Å². The van der Waals surface area contributed by atoms with Crippen molar-refractivity contribution in [1.82, 2.24) is 10.6 Å². The number of ether oxygens (including phenoxy) is 2. The molecule has 0 saturated carbocycles. The summed E-state index contributed by atoms with van der Waals surface area (Å²) in [5.41, 5.74) is 1.37. The molecule has 2 amide bonds. The smallest absolute Gasteiger partial charge is 0.262 e. The van der Waals surface area contributed by atoms with E-state index in [0.29, 0.717) is 39.8 Å². The molecule has 32 heavy (non-hydrogen) atoms. The van der Waals surface area contributed by atoms with Crippen molar-refractivity contribution in [2.75, 3.05) is 13.2 Å². The lowest BCUT2D eigenvalue weighted by Crippen LogP contribution is -2.42. The lowest BCUT2D eigenvalue weighted by atomic mass is 9.98. The molecule has 0 radical (unpaired) electrons. The molecule has 0 fully saturated rings. The van der Waals surface area contributed by atoms with Crippen molar-refractivity contribution in [3.05, 3.63) is 70.6 Å². The number of halogens is 2. The number of carbonyl (C=O) groups excluding carboxylic acids is 2. The SMILES string of the molecule is C=C(CCNC(=O)[C@@H]1C[C@H](O)c2cc(Cl)ccc2O1)NC(=O)COc1ccc(F)c(C)c1. The summed E-state index contributed by atoms with van der Waals surface area (Å²) >= 11 is 5.93. The molecule has 2 aromatic rings. The Hall–Kier alpha value is -3.10. The number of aryl methyl sites for hydroxylation is 1. The van der Waals surface area contributed by atoms with Gasteiger partial charge in [-0.2, -0.15) is 0 Å². The van der Waals surface area contributed by atoms with Crippen LogP contribution in [0.3, 0.4) is 0 Å². The van der Waals surface area contributed by atoms with Crippen LogP contribution in [0.4, 0.5) is 4.39 Å². The van der Waals surface area contributed by atoms with Crippen molar-refractivity contribution in [1.29, 1.82) is 0 Å². The molecule has 2 atom stereocenters. The van der Waals surface area contributed by atoms with Gasteiger partial charge in [-0.05, 0) is 48.9 Å². The van der Waals surface area contributed by atoms with Gasteiger partial charge in [0.25, 0.3) is 11.8 Å². The topological polar surface area (TPSA) is 96.9 Å². The molecule has 3 N–H and O–H groups in total. The van der Waals surface area contributed by atoms with Crippen molar-refractivity contribution in [3.8, 4) is 11.5 Å². The lowest BCUT2D eigenvalue weighted by molar-refractivity contribution is -0.130. The Morgan fingerprint density at radius 1 is 1.31 bits per heavy atom. The molecule has 0 bridgehead atoms. The van der Waals surface area contributed by atoms with Crippen LogP contribution in [-0.2, 0) is 9.59 Å². The number of rotatable bonds is 8. The number of benzene rings is 2. The molecule has 170 valence electrons. The van der Waals surface area contributed by atoms with Crippen LogP contribution < -0.4 is 20.1 Å².